The molecule has 0 radical (unpaired) electrons. The second kappa shape index (κ2) is 8.88. The number of carbonyl (C=O) groups is 1. The molecule has 25 heavy (non-hydrogen) atoms. The lowest BCUT2D eigenvalue weighted by molar-refractivity contribution is -0.0303. The van der Waals surface area contributed by atoms with Gasteiger partial charge in [0.2, 0.25) is 0 Å². The van der Waals surface area contributed by atoms with Crippen LogP contribution in [0.25, 0.3) is 0 Å². The van der Waals surface area contributed by atoms with Crippen molar-refractivity contribution >= 4 is 55.8 Å². The standard InChI is InChI=1S/C16H14BrF2IN2O3/c1-8(7-23)25-22-16(24)10-5-11(17)12(18)6-15(10)21-14-3-2-9(20)4-13(14)19/h2-6,8,21,23H,7H2,1H3,(H,22,24). The van der Waals surface area contributed by atoms with Crippen LogP contribution < -0.4 is 10.8 Å². The molecule has 0 saturated carbocycles. The summed E-state index contributed by atoms with van der Waals surface area (Å²) >= 11 is 4.98. The summed E-state index contributed by atoms with van der Waals surface area (Å²) in [5, 5.41) is 11.6. The van der Waals surface area contributed by atoms with E-state index in [1.165, 1.54) is 18.2 Å². The third-order valence-corrected chi connectivity index (χ3v) is 4.39. The van der Waals surface area contributed by atoms with E-state index in [2.05, 4.69) is 26.7 Å². The monoisotopic (exact) mass is 526 g/mol. The van der Waals surface area contributed by atoms with Crippen LogP contribution in [0.1, 0.15) is 17.3 Å². The number of hydrogen-bond donors (Lipinski definition) is 3. The molecule has 5 nitrogen and oxygen atoms in total. The highest BCUT2D eigenvalue weighted by molar-refractivity contribution is 14.1. The van der Waals surface area contributed by atoms with Gasteiger partial charge in [-0.05, 0) is 75.8 Å². The second-order valence-corrected chi connectivity index (χ2v) is 7.20. The number of nitrogens with one attached hydrogen (secondary N) is 2. The van der Waals surface area contributed by atoms with Crippen molar-refractivity contribution in [2.45, 2.75) is 13.0 Å². The van der Waals surface area contributed by atoms with E-state index in [9.17, 15) is 13.6 Å². The Bertz CT molecular complexity index is 792. The van der Waals surface area contributed by atoms with Crippen LogP contribution in [0.4, 0.5) is 20.2 Å². The molecule has 0 heterocycles. The number of rotatable bonds is 6. The van der Waals surface area contributed by atoms with Crippen LogP contribution in [0, 0.1) is 15.2 Å². The van der Waals surface area contributed by atoms with Gasteiger partial charge >= 0.3 is 0 Å². The number of carbonyl (C=O) groups excluding carboxylic acids is 1. The smallest absolute Gasteiger partial charge is 0.277 e. The highest BCUT2D eigenvalue weighted by Gasteiger charge is 2.17. The highest BCUT2D eigenvalue weighted by atomic mass is 127. The Balaban J connectivity index is 2.33. The Hall–Kier alpha value is -1.30. The molecule has 2 aromatic rings. The summed E-state index contributed by atoms with van der Waals surface area (Å²) in [5.41, 5.74) is 2.37. The van der Waals surface area contributed by atoms with Crippen molar-refractivity contribution in [1.29, 1.82) is 0 Å². The molecule has 0 aliphatic carbocycles. The van der Waals surface area contributed by atoms with Crippen molar-refractivity contribution in [2.75, 3.05) is 11.9 Å². The van der Waals surface area contributed by atoms with Gasteiger partial charge in [-0.15, -0.1) is 0 Å². The van der Waals surface area contributed by atoms with Crippen LogP contribution in [0.3, 0.4) is 0 Å². The zero-order valence-electron chi connectivity index (χ0n) is 12.9. The molecule has 2 rings (SSSR count). The summed E-state index contributed by atoms with van der Waals surface area (Å²) in [7, 11) is 0. The van der Waals surface area contributed by atoms with Crippen molar-refractivity contribution in [3.8, 4) is 0 Å². The minimum Gasteiger partial charge on any atom is -0.394 e. The molecular weight excluding hydrogens is 513 g/mol. The van der Waals surface area contributed by atoms with E-state index in [1.54, 1.807) is 13.0 Å². The molecule has 1 unspecified atom stereocenters. The Labute approximate surface area is 165 Å². The molecule has 9 heteroatoms. The first kappa shape index (κ1) is 20.0. The maximum Gasteiger partial charge on any atom is 0.277 e. The number of anilines is 2. The fourth-order valence-electron chi connectivity index (χ4n) is 1.82. The molecule has 0 aliphatic heterocycles. The Kier molecular flexibility index (Phi) is 7.11. The fraction of sp³-hybridized carbons (Fsp3) is 0.188. The molecule has 0 aliphatic rings. The molecule has 134 valence electrons. The Morgan fingerprint density at radius 3 is 2.64 bits per heavy atom. The van der Waals surface area contributed by atoms with Gasteiger partial charge < -0.3 is 10.4 Å². The van der Waals surface area contributed by atoms with Crippen molar-refractivity contribution in [3.05, 3.63) is 55.6 Å². The number of hydroxylamine groups is 1. The summed E-state index contributed by atoms with van der Waals surface area (Å²) < 4.78 is 28.7. The molecule has 0 saturated heterocycles. The molecule has 0 spiro atoms. The molecule has 1 atom stereocenters. The second-order valence-electron chi connectivity index (χ2n) is 5.10. The minimum absolute atomic E-state index is 0.0383. The maximum absolute atomic E-state index is 14.0. The molecule has 1 amide bonds. The first-order valence-electron chi connectivity index (χ1n) is 7.09. The topological polar surface area (TPSA) is 70.6 Å². The summed E-state index contributed by atoms with van der Waals surface area (Å²) in [4.78, 5) is 17.2. The van der Waals surface area contributed by atoms with Crippen LogP contribution in [-0.2, 0) is 4.84 Å². The zero-order valence-corrected chi connectivity index (χ0v) is 16.7. The lowest BCUT2D eigenvalue weighted by Gasteiger charge is -2.15. The summed E-state index contributed by atoms with van der Waals surface area (Å²) in [6, 6.07) is 6.80. The van der Waals surface area contributed by atoms with Crippen molar-refractivity contribution < 1.29 is 23.5 Å². The first-order valence-corrected chi connectivity index (χ1v) is 8.97. The molecule has 0 aromatic heterocycles. The summed E-state index contributed by atoms with van der Waals surface area (Å²) in [6.45, 7) is 1.27. The van der Waals surface area contributed by atoms with Crippen LogP contribution >= 0.6 is 38.5 Å². The Morgan fingerprint density at radius 1 is 1.28 bits per heavy atom. The number of halogens is 4. The van der Waals surface area contributed by atoms with Gasteiger partial charge in [-0.25, -0.2) is 14.3 Å². The number of benzene rings is 2. The summed E-state index contributed by atoms with van der Waals surface area (Å²) in [5.74, 6) is -1.82. The summed E-state index contributed by atoms with van der Waals surface area (Å²) in [6.07, 6.45) is -0.613. The van der Waals surface area contributed by atoms with Gasteiger partial charge in [0.1, 0.15) is 17.7 Å². The number of amides is 1. The first-order chi connectivity index (χ1) is 11.8. The van der Waals surface area contributed by atoms with E-state index < -0.39 is 23.6 Å². The third-order valence-electron chi connectivity index (χ3n) is 3.12. The van der Waals surface area contributed by atoms with E-state index in [0.717, 1.165) is 6.07 Å². The molecule has 0 fully saturated rings. The SMILES string of the molecule is CC(CO)ONC(=O)c1cc(Br)c(F)cc1Nc1ccc(I)cc1F. The predicted molar refractivity (Wildman–Crippen MR) is 102 cm³/mol. The van der Waals surface area contributed by atoms with Crippen LogP contribution in [0.15, 0.2) is 34.8 Å². The fourth-order valence-corrected chi connectivity index (χ4v) is 2.62. The number of aliphatic hydroxyl groups excluding tert-OH is 1. The van der Waals surface area contributed by atoms with E-state index in [0.29, 0.717) is 3.57 Å². The van der Waals surface area contributed by atoms with Gasteiger partial charge in [0.25, 0.3) is 5.91 Å². The van der Waals surface area contributed by atoms with Crippen molar-refractivity contribution in [1.82, 2.24) is 5.48 Å². The lowest BCUT2D eigenvalue weighted by Crippen LogP contribution is -2.30. The van der Waals surface area contributed by atoms with Crippen LogP contribution in [-0.4, -0.2) is 23.7 Å². The van der Waals surface area contributed by atoms with E-state index >= 15 is 0 Å². The Morgan fingerprint density at radius 2 is 2.00 bits per heavy atom. The van der Waals surface area contributed by atoms with Crippen LogP contribution in [0.2, 0.25) is 0 Å². The van der Waals surface area contributed by atoms with Crippen molar-refractivity contribution in [2.24, 2.45) is 0 Å². The normalized spacial score (nSPS) is 11.9. The highest BCUT2D eigenvalue weighted by Crippen LogP contribution is 2.29. The van der Waals surface area contributed by atoms with E-state index in [-0.39, 0.29) is 28.0 Å². The van der Waals surface area contributed by atoms with Gasteiger partial charge in [-0.1, -0.05) is 0 Å². The number of aliphatic hydroxyl groups is 1. The number of hydrogen-bond acceptors (Lipinski definition) is 4. The van der Waals surface area contributed by atoms with Gasteiger partial charge in [0, 0.05) is 3.57 Å². The largest absolute Gasteiger partial charge is 0.394 e. The predicted octanol–water partition coefficient (Wildman–Crippen LogP) is 4.12. The van der Waals surface area contributed by atoms with Gasteiger partial charge in [-0.2, -0.15) is 0 Å². The van der Waals surface area contributed by atoms with Crippen molar-refractivity contribution in [3.63, 3.8) is 0 Å². The van der Waals surface area contributed by atoms with Gasteiger partial charge in [-0.3, -0.25) is 9.63 Å². The van der Waals surface area contributed by atoms with Gasteiger partial charge in [0.15, 0.2) is 0 Å². The zero-order chi connectivity index (χ0) is 18.6. The average molecular weight is 527 g/mol. The molecule has 2 aromatic carbocycles. The average Bonchev–Trinajstić information content (AvgIpc) is 2.57. The quantitative estimate of drug-likeness (QED) is 0.391. The van der Waals surface area contributed by atoms with E-state index in [1.807, 2.05) is 22.6 Å². The molecule has 3 N–H and O–H groups in total. The molecular formula is C16H14BrF2IN2O3. The van der Waals surface area contributed by atoms with Gasteiger partial charge in [0.05, 0.1) is 28.0 Å². The molecule has 0 bridgehead atoms. The third kappa shape index (κ3) is 5.33. The van der Waals surface area contributed by atoms with E-state index in [4.69, 9.17) is 9.94 Å². The minimum atomic E-state index is -0.672. The lowest BCUT2D eigenvalue weighted by atomic mass is 10.1. The maximum atomic E-state index is 14.0. The van der Waals surface area contributed by atoms with Crippen LogP contribution in [0.5, 0.6) is 0 Å².